The van der Waals surface area contributed by atoms with Gasteiger partial charge in [-0.2, -0.15) is 0 Å². The maximum Gasteiger partial charge on any atom is 0.135 e. The Labute approximate surface area is 78.6 Å². The van der Waals surface area contributed by atoms with Gasteiger partial charge in [-0.25, -0.2) is 4.39 Å². The molecule has 78 valence electrons. The number of halogens is 1. The monoisotopic (exact) mass is 190 g/mol. The number of ether oxygens (including phenoxy) is 1. The summed E-state index contributed by atoms with van der Waals surface area (Å²) in [5.74, 6) is 0.297. The summed E-state index contributed by atoms with van der Waals surface area (Å²) >= 11 is 0. The van der Waals surface area contributed by atoms with Gasteiger partial charge in [-0.3, -0.25) is 0 Å². The molecule has 0 bridgehead atoms. The minimum Gasteiger partial charge on any atom is -0.381 e. The van der Waals surface area contributed by atoms with Gasteiger partial charge in [0.25, 0.3) is 0 Å². The third kappa shape index (κ3) is 3.21. The van der Waals surface area contributed by atoms with Crippen LogP contribution in [0, 0.1) is 5.92 Å². The van der Waals surface area contributed by atoms with Crippen molar-refractivity contribution in [3.05, 3.63) is 0 Å². The Morgan fingerprint density at radius 1 is 1.38 bits per heavy atom. The quantitative estimate of drug-likeness (QED) is 0.675. The molecule has 1 saturated heterocycles. The molecule has 0 aromatic heterocycles. The normalized spacial score (nSPS) is 24.7. The van der Waals surface area contributed by atoms with Crippen LogP contribution in [-0.2, 0) is 4.74 Å². The zero-order chi connectivity index (χ0) is 9.73. The van der Waals surface area contributed by atoms with Crippen molar-refractivity contribution in [2.75, 3.05) is 26.3 Å². The minimum absolute atomic E-state index is 0.0139. The standard InChI is InChI=1S/C9H19FN2O/c10-9(6-11,7-12)4-8-2-1-3-13-5-8/h8H,1-7,11-12H2/t8-/m0/s1. The molecule has 0 radical (unpaired) electrons. The number of nitrogens with two attached hydrogens (primary N) is 2. The fraction of sp³-hybridized carbons (Fsp3) is 1.00. The third-order valence-corrected chi connectivity index (χ3v) is 2.64. The molecule has 0 aliphatic carbocycles. The Morgan fingerprint density at radius 2 is 2.08 bits per heavy atom. The lowest BCUT2D eigenvalue weighted by Gasteiger charge is -2.29. The number of alkyl halides is 1. The molecule has 1 heterocycles. The van der Waals surface area contributed by atoms with Crippen LogP contribution in [0.25, 0.3) is 0 Å². The number of hydrogen-bond acceptors (Lipinski definition) is 3. The molecule has 4 heteroatoms. The lowest BCUT2D eigenvalue weighted by molar-refractivity contribution is 0.0245. The lowest BCUT2D eigenvalue weighted by atomic mass is 9.88. The number of rotatable bonds is 4. The highest BCUT2D eigenvalue weighted by molar-refractivity contribution is 4.84. The fourth-order valence-electron chi connectivity index (χ4n) is 1.74. The van der Waals surface area contributed by atoms with E-state index in [1.165, 1.54) is 0 Å². The van der Waals surface area contributed by atoms with Crippen molar-refractivity contribution in [2.45, 2.75) is 24.9 Å². The highest BCUT2D eigenvalue weighted by atomic mass is 19.1. The van der Waals surface area contributed by atoms with E-state index in [0.717, 1.165) is 19.4 Å². The molecule has 0 amide bonds. The molecule has 1 rings (SSSR count). The Bertz CT molecular complexity index is 145. The van der Waals surface area contributed by atoms with E-state index in [4.69, 9.17) is 16.2 Å². The summed E-state index contributed by atoms with van der Waals surface area (Å²) in [4.78, 5) is 0. The second kappa shape index (κ2) is 4.88. The van der Waals surface area contributed by atoms with Crippen molar-refractivity contribution in [1.29, 1.82) is 0 Å². The smallest absolute Gasteiger partial charge is 0.135 e. The first-order valence-electron chi connectivity index (χ1n) is 4.87. The first kappa shape index (κ1) is 10.9. The maximum absolute atomic E-state index is 13.7. The second-order valence-corrected chi connectivity index (χ2v) is 3.85. The van der Waals surface area contributed by atoms with Crippen LogP contribution >= 0.6 is 0 Å². The van der Waals surface area contributed by atoms with E-state index in [-0.39, 0.29) is 13.1 Å². The summed E-state index contributed by atoms with van der Waals surface area (Å²) in [6.45, 7) is 1.49. The maximum atomic E-state index is 13.7. The van der Waals surface area contributed by atoms with Gasteiger partial charge in [-0.05, 0) is 25.2 Å². The van der Waals surface area contributed by atoms with E-state index in [1.807, 2.05) is 0 Å². The predicted octanol–water partition coefficient (Wildman–Crippen LogP) is 0.429. The van der Waals surface area contributed by atoms with Crippen molar-refractivity contribution in [1.82, 2.24) is 0 Å². The summed E-state index contributed by atoms with van der Waals surface area (Å²) in [6, 6.07) is 0. The molecule has 0 aromatic rings. The molecule has 4 N–H and O–H groups in total. The van der Waals surface area contributed by atoms with Crippen LogP contribution in [0.4, 0.5) is 4.39 Å². The molecule has 3 nitrogen and oxygen atoms in total. The van der Waals surface area contributed by atoms with Crippen molar-refractivity contribution < 1.29 is 9.13 Å². The molecular weight excluding hydrogens is 171 g/mol. The largest absolute Gasteiger partial charge is 0.381 e. The van der Waals surface area contributed by atoms with Gasteiger partial charge in [0.05, 0.1) is 0 Å². The van der Waals surface area contributed by atoms with Crippen LogP contribution in [0.1, 0.15) is 19.3 Å². The average Bonchev–Trinajstić information content (AvgIpc) is 2.19. The van der Waals surface area contributed by atoms with E-state index in [0.29, 0.717) is 18.9 Å². The van der Waals surface area contributed by atoms with Crippen molar-refractivity contribution in [2.24, 2.45) is 17.4 Å². The Hall–Kier alpha value is -0.190. The molecular formula is C9H19FN2O. The highest BCUT2D eigenvalue weighted by Crippen LogP contribution is 2.25. The molecule has 0 spiro atoms. The van der Waals surface area contributed by atoms with Gasteiger partial charge < -0.3 is 16.2 Å². The molecule has 0 aromatic carbocycles. The Balaban J connectivity index is 2.35. The Kier molecular flexibility index (Phi) is 4.09. The lowest BCUT2D eigenvalue weighted by Crippen LogP contribution is -2.43. The first-order chi connectivity index (χ1) is 6.20. The van der Waals surface area contributed by atoms with Crippen LogP contribution in [0.2, 0.25) is 0 Å². The molecule has 1 fully saturated rings. The first-order valence-corrected chi connectivity index (χ1v) is 4.87. The van der Waals surface area contributed by atoms with E-state index >= 15 is 0 Å². The van der Waals surface area contributed by atoms with Gasteiger partial charge >= 0.3 is 0 Å². The van der Waals surface area contributed by atoms with E-state index in [1.54, 1.807) is 0 Å². The summed E-state index contributed by atoms with van der Waals surface area (Å²) in [5, 5.41) is 0. The third-order valence-electron chi connectivity index (χ3n) is 2.64. The van der Waals surface area contributed by atoms with Crippen molar-refractivity contribution in [3.8, 4) is 0 Å². The van der Waals surface area contributed by atoms with E-state index in [9.17, 15) is 4.39 Å². The van der Waals surface area contributed by atoms with Crippen LogP contribution in [0.3, 0.4) is 0 Å². The van der Waals surface area contributed by atoms with Gasteiger partial charge in [-0.1, -0.05) is 0 Å². The van der Waals surface area contributed by atoms with Crippen LogP contribution in [0.5, 0.6) is 0 Å². The Morgan fingerprint density at radius 3 is 2.54 bits per heavy atom. The van der Waals surface area contributed by atoms with E-state index in [2.05, 4.69) is 0 Å². The average molecular weight is 190 g/mol. The van der Waals surface area contributed by atoms with Gasteiger partial charge in [-0.15, -0.1) is 0 Å². The molecule has 1 aliphatic heterocycles. The van der Waals surface area contributed by atoms with Gasteiger partial charge in [0, 0.05) is 26.3 Å². The van der Waals surface area contributed by atoms with Crippen LogP contribution in [0.15, 0.2) is 0 Å². The number of hydrogen-bond donors (Lipinski definition) is 2. The zero-order valence-corrected chi connectivity index (χ0v) is 7.97. The molecule has 13 heavy (non-hydrogen) atoms. The summed E-state index contributed by atoms with van der Waals surface area (Å²) < 4.78 is 19.0. The molecule has 0 saturated carbocycles. The zero-order valence-electron chi connectivity index (χ0n) is 7.97. The van der Waals surface area contributed by atoms with Gasteiger partial charge in [0.2, 0.25) is 0 Å². The predicted molar refractivity (Wildman–Crippen MR) is 50.1 cm³/mol. The fourth-order valence-corrected chi connectivity index (χ4v) is 1.74. The second-order valence-electron chi connectivity index (χ2n) is 3.85. The van der Waals surface area contributed by atoms with Crippen molar-refractivity contribution >= 4 is 0 Å². The molecule has 1 atom stereocenters. The topological polar surface area (TPSA) is 61.3 Å². The minimum atomic E-state index is -1.38. The van der Waals surface area contributed by atoms with Crippen LogP contribution < -0.4 is 11.5 Å². The van der Waals surface area contributed by atoms with Crippen molar-refractivity contribution in [3.63, 3.8) is 0 Å². The van der Waals surface area contributed by atoms with Gasteiger partial charge in [0.15, 0.2) is 0 Å². The van der Waals surface area contributed by atoms with Gasteiger partial charge in [0.1, 0.15) is 5.67 Å². The molecule has 1 aliphatic rings. The molecule has 0 unspecified atom stereocenters. The highest BCUT2D eigenvalue weighted by Gasteiger charge is 2.30. The van der Waals surface area contributed by atoms with Crippen LogP contribution in [-0.4, -0.2) is 32.0 Å². The summed E-state index contributed by atoms with van der Waals surface area (Å²) in [6.07, 6.45) is 2.50. The summed E-state index contributed by atoms with van der Waals surface area (Å²) in [5.41, 5.74) is 9.29. The SMILES string of the molecule is NCC(F)(CN)C[C@@H]1CCCOC1. The van der Waals surface area contributed by atoms with E-state index < -0.39 is 5.67 Å². The summed E-state index contributed by atoms with van der Waals surface area (Å²) in [7, 11) is 0.